The molecule has 1 saturated carbocycles. The number of rotatable bonds is 4. The fourth-order valence-electron chi connectivity index (χ4n) is 3.47. The molecule has 1 heterocycles. The molecule has 1 fully saturated rings. The van der Waals surface area contributed by atoms with Gasteiger partial charge in [0, 0.05) is 30.2 Å². The van der Waals surface area contributed by atoms with Gasteiger partial charge in [-0.05, 0) is 44.0 Å². The first-order valence-electron chi connectivity index (χ1n) is 9.24. The van der Waals surface area contributed by atoms with Gasteiger partial charge in [0.05, 0.1) is 0 Å². The third kappa shape index (κ3) is 3.60. The highest BCUT2D eigenvalue weighted by atomic mass is 16.7. The highest BCUT2D eigenvalue weighted by Gasteiger charge is 2.44. The molecule has 4 rings (SSSR count). The zero-order valence-electron chi connectivity index (χ0n) is 15.2. The zero-order valence-corrected chi connectivity index (χ0v) is 15.2. The van der Waals surface area contributed by atoms with E-state index < -0.39 is 11.8 Å². The summed E-state index contributed by atoms with van der Waals surface area (Å²) in [5.74, 6) is 0.249. The summed E-state index contributed by atoms with van der Waals surface area (Å²) in [5, 5.41) is 5.52. The molecule has 2 N–H and O–H groups in total. The summed E-state index contributed by atoms with van der Waals surface area (Å²) in [4.78, 5) is 24.6. The molecule has 0 saturated heterocycles. The molecule has 0 radical (unpaired) electrons. The number of amides is 2. The average molecular weight is 366 g/mol. The Morgan fingerprint density at radius 3 is 2.44 bits per heavy atom. The second-order valence-electron chi connectivity index (χ2n) is 7.03. The highest BCUT2D eigenvalue weighted by Crippen LogP contribution is 2.47. The quantitative estimate of drug-likeness (QED) is 0.868. The van der Waals surface area contributed by atoms with Crippen LogP contribution in [0.2, 0.25) is 0 Å². The molecule has 6 nitrogen and oxygen atoms in total. The van der Waals surface area contributed by atoms with Gasteiger partial charge in [0.1, 0.15) is 6.04 Å². The van der Waals surface area contributed by atoms with Crippen molar-refractivity contribution in [3.63, 3.8) is 0 Å². The summed E-state index contributed by atoms with van der Waals surface area (Å²) in [6.07, 6.45) is 3.95. The van der Waals surface area contributed by atoms with Gasteiger partial charge in [-0.1, -0.05) is 18.2 Å². The van der Waals surface area contributed by atoms with Crippen LogP contribution in [0.15, 0.2) is 48.5 Å². The molecule has 0 bridgehead atoms. The monoisotopic (exact) mass is 366 g/mol. The van der Waals surface area contributed by atoms with Gasteiger partial charge < -0.3 is 20.1 Å². The molecule has 27 heavy (non-hydrogen) atoms. The van der Waals surface area contributed by atoms with E-state index in [2.05, 4.69) is 10.6 Å². The Morgan fingerprint density at radius 1 is 1.00 bits per heavy atom. The predicted octanol–water partition coefficient (Wildman–Crippen LogP) is 3.49. The Bertz CT molecular complexity index is 860. The number of benzene rings is 2. The molecule has 0 unspecified atom stereocenters. The van der Waals surface area contributed by atoms with Gasteiger partial charge in [-0.3, -0.25) is 9.59 Å². The highest BCUT2D eigenvalue weighted by molar-refractivity contribution is 6.01. The summed E-state index contributed by atoms with van der Waals surface area (Å²) >= 11 is 0. The van der Waals surface area contributed by atoms with Crippen molar-refractivity contribution in [3.8, 4) is 11.5 Å². The van der Waals surface area contributed by atoms with E-state index in [1.54, 1.807) is 43.3 Å². The van der Waals surface area contributed by atoms with Crippen molar-refractivity contribution in [1.82, 2.24) is 5.32 Å². The number of nitrogens with one attached hydrogen (secondary N) is 2. The second-order valence-corrected chi connectivity index (χ2v) is 7.03. The van der Waals surface area contributed by atoms with Crippen molar-refractivity contribution < 1.29 is 19.1 Å². The largest absolute Gasteiger partial charge is 0.448 e. The van der Waals surface area contributed by atoms with Crippen molar-refractivity contribution in [2.24, 2.45) is 0 Å². The lowest BCUT2D eigenvalue weighted by molar-refractivity contribution is -0.117. The molecule has 2 amide bonds. The van der Waals surface area contributed by atoms with E-state index >= 15 is 0 Å². The lowest BCUT2D eigenvalue weighted by Crippen LogP contribution is -2.41. The summed E-state index contributed by atoms with van der Waals surface area (Å²) < 4.78 is 12.0. The minimum absolute atomic E-state index is 0.285. The molecule has 1 aliphatic heterocycles. The molecule has 2 aromatic rings. The minimum Gasteiger partial charge on any atom is -0.448 e. The molecular weight excluding hydrogens is 344 g/mol. The predicted molar refractivity (Wildman–Crippen MR) is 101 cm³/mol. The van der Waals surface area contributed by atoms with E-state index in [0.717, 1.165) is 25.7 Å². The lowest BCUT2D eigenvalue weighted by atomic mass is 10.2. The van der Waals surface area contributed by atoms with Crippen LogP contribution in [0.1, 0.15) is 43.0 Å². The molecule has 2 aromatic carbocycles. The van der Waals surface area contributed by atoms with Gasteiger partial charge >= 0.3 is 0 Å². The maximum absolute atomic E-state index is 12.4. The SMILES string of the molecule is C[C@H](NC(=O)c1ccccc1)C(=O)Nc1ccc2c(c1)OC1(CCCC1)O2. The molecule has 0 aromatic heterocycles. The number of hydrogen-bond donors (Lipinski definition) is 2. The standard InChI is InChI=1S/C21H22N2O4/c1-14(22-20(25)15-7-3-2-4-8-15)19(24)23-16-9-10-17-18(13-16)27-21(26-17)11-5-6-12-21/h2-4,7-10,13-14H,5-6,11-12H2,1H3,(H,22,25)(H,23,24)/t14-/m0/s1. The van der Waals surface area contributed by atoms with E-state index in [0.29, 0.717) is 22.7 Å². The van der Waals surface area contributed by atoms with Gasteiger partial charge in [0.25, 0.3) is 11.7 Å². The van der Waals surface area contributed by atoms with Gasteiger partial charge in [-0.25, -0.2) is 0 Å². The Hall–Kier alpha value is -3.02. The number of hydrogen-bond acceptors (Lipinski definition) is 4. The molecule has 6 heteroatoms. The number of carbonyl (C=O) groups is 2. The third-order valence-corrected chi connectivity index (χ3v) is 4.95. The van der Waals surface area contributed by atoms with Gasteiger partial charge in [0.15, 0.2) is 11.5 Å². The molecule has 1 spiro atoms. The van der Waals surface area contributed by atoms with E-state index in [1.165, 1.54) is 0 Å². The normalized spacial score (nSPS) is 17.5. The van der Waals surface area contributed by atoms with E-state index in [1.807, 2.05) is 12.1 Å². The first-order chi connectivity index (χ1) is 13.0. The first-order valence-corrected chi connectivity index (χ1v) is 9.24. The summed E-state index contributed by atoms with van der Waals surface area (Å²) in [6, 6.07) is 13.5. The first kappa shape index (κ1) is 17.4. The molecular formula is C21H22N2O4. The van der Waals surface area contributed by atoms with Crippen LogP contribution in [-0.4, -0.2) is 23.6 Å². The van der Waals surface area contributed by atoms with E-state index in [9.17, 15) is 9.59 Å². The molecule has 2 aliphatic rings. The van der Waals surface area contributed by atoms with Gasteiger partial charge in [-0.15, -0.1) is 0 Å². The maximum Gasteiger partial charge on any atom is 0.251 e. The van der Waals surface area contributed by atoms with E-state index in [4.69, 9.17) is 9.47 Å². The van der Waals surface area contributed by atoms with Gasteiger partial charge in [0.2, 0.25) is 5.91 Å². The Kier molecular flexibility index (Phi) is 4.48. The summed E-state index contributed by atoms with van der Waals surface area (Å²) in [6.45, 7) is 1.65. The van der Waals surface area contributed by atoms with Crippen LogP contribution in [0.3, 0.4) is 0 Å². The van der Waals surface area contributed by atoms with Crippen molar-refractivity contribution in [2.75, 3.05) is 5.32 Å². The Balaban J connectivity index is 1.38. The van der Waals surface area contributed by atoms with Crippen LogP contribution in [0, 0.1) is 0 Å². The van der Waals surface area contributed by atoms with E-state index in [-0.39, 0.29) is 11.8 Å². The Morgan fingerprint density at radius 2 is 1.70 bits per heavy atom. The maximum atomic E-state index is 12.4. The van der Waals surface area contributed by atoms with Crippen LogP contribution >= 0.6 is 0 Å². The zero-order chi connectivity index (χ0) is 18.9. The van der Waals surface area contributed by atoms with Crippen molar-refractivity contribution >= 4 is 17.5 Å². The molecule has 1 atom stereocenters. The van der Waals surface area contributed by atoms with Crippen LogP contribution in [0.5, 0.6) is 11.5 Å². The summed E-state index contributed by atoms with van der Waals surface area (Å²) in [5.41, 5.74) is 1.13. The average Bonchev–Trinajstić information content (AvgIpc) is 3.27. The second kappa shape index (κ2) is 6.95. The number of anilines is 1. The van der Waals surface area contributed by atoms with Crippen LogP contribution < -0.4 is 20.1 Å². The topological polar surface area (TPSA) is 76.7 Å². The fourth-order valence-corrected chi connectivity index (χ4v) is 3.47. The van der Waals surface area contributed by atoms with Crippen molar-refractivity contribution in [3.05, 3.63) is 54.1 Å². The van der Waals surface area contributed by atoms with Crippen LogP contribution in [0.4, 0.5) is 5.69 Å². The summed E-state index contributed by atoms with van der Waals surface area (Å²) in [7, 11) is 0. The fraction of sp³-hybridized carbons (Fsp3) is 0.333. The number of fused-ring (bicyclic) bond motifs is 1. The number of ether oxygens (including phenoxy) is 2. The number of carbonyl (C=O) groups excluding carboxylic acids is 2. The third-order valence-electron chi connectivity index (χ3n) is 4.95. The van der Waals surface area contributed by atoms with Crippen molar-refractivity contribution in [2.45, 2.75) is 44.4 Å². The lowest BCUT2D eigenvalue weighted by Gasteiger charge is -2.21. The Labute approximate surface area is 157 Å². The molecule has 140 valence electrons. The van der Waals surface area contributed by atoms with Crippen molar-refractivity contribution in [1.29, 1.82) is 0 Å². The van der Waals surface area contributed by atoms with Crippen LogP contribution in [-0.2, 0) is 4.79 Å². The molecule has 1 aliphatic carbocycles. The van der Waals surface area contributed by atoms with Crippen LogP contribution in [0.25, 0.3) is 0 Å². The minimum atomic E-state index is -0.677. The smallest absolute Gasteiger partial charge is 0.251 e. The van der Waals surface area contributed by atoms with Gasteiger partial charge in [-0.2, -0.15) is 0 Å².